The molecule has 0 saturated carbocycles. The number of hydrogen-bond donors (Lipinski definition) is 4. The molecule has 0 bridgehead atoms. The molecule has 55 heavy (non-hydrogen) atoms. The van der Waals surface area contributed by atoms with Crippen molar-refractivity contribution in [1.29, 1.82) is 0 Å². The number of carbonyl (C=O) groups excluding carboxylic acids is 2. The highest BCUT2D eigenvalue weighted by atomic mass is 16.5. The van der Waals surface area contributed by atoms with Crippen LogP contribution in [-0.2, 0) is 38.0 Å². The van der Waals surface area contributed by atoms with Gasteiger partial charge in [-0.2, -0.15) is 0 Å². The molecule has 0 spiro atoms. The highest BCUT2D eigenvalue weighted by Gasteiger charge is 2.12. The topological polar surface area (TPSA) is 155 Å². The molecule has 0 atom stereocenters. The Hall–Kier alpha value is -1.42. The van der Waals surface area contributed by atoms with Gasteiger partial charge in [0.25, 0.3) is 0 Å². The van der Waals surface area contributed by atoms with Crippen LogP contribution in [0.3, 0.4) is 0 Å². The smallest absolute Gasteiger partial charge is 0.222 e. The summed E-state index contributed by atoms with van der Waals surface area (Å²) in [7, 11) is 0. The molecule has 328 valence electrons. The lowest BCUT2D eigenvalue weighted by atomic mass is 10.1. The molecule has 0 fully saturated rings. The van der Waals surface area contributed by atoms with Gasteiger partial charge in [-0.1, -0.05) is 104 Å². The molecule has 0 aliphatic heterocycles. The van der Waals surface area contributed by atoms with Crippen molar-refractivity contribution in [3.8, 4) is 0 Å². The third-order valence-corrected chi connectivity index (χ3v) is 9.14. The standard InChI is InChI=1S/C42H87N5O8/c1-3-5-7-9-11-13-15-17-19-41(48)46-26-32-53-36-40-55-39-35-52-31-25-45-23-28-47(42(49)20-18-16-14-12-10-8-6-4-2)27-22-44-24-30-51-34-38-54-37-33-50-29-21-43/h44-45H,3-40,43H2,1-2H3,(H,46,48). The van der Waals surface area contributed by atoms with Gasteiger partial charge in [0.15, 0.2) is 0 Å². The van der Waals surface area contributed by atoms with Crippen molar-refractivity contribution in [2.45, 2.75) is 129 Å². The summed E-state index contributed by atoms with van der Waals surface area (Å²) >= 11 is 0. The Bertz CT molecular complexity index is 786. The van der Waals surface area contributed by atoms with E-state index < -0.39 is 0 Å². The van der Waals surface area contributed by atoms with Gasteiger partial charge in [-0.25, -0.2) is 0 Å². The Morgan fingerprint density at radius 2 is 0.800 bits per heavy atom. The molecule has 0 heterocycles. The van der Waals surface area contributed by atoms with Crippen LogP contribution in [0.15, 0.2) is 0 Å². The van der Waals surface area contributed by atoms with Gasteiger partial charge in [0, 0.05) is 65.2 Å². The molecule has 2 amide bonds. The summed E-state index contributed by atoms with van der Waals surface area (Å²) in [6.07, 6.45) is 20.9. The largest absolute Gasteiger partial charge is 0.378 e. The number of nitrogens with two attached hydrogens (primary N) is 1. The van der Waals surface area contributed by atoms with E-state index in [-0.39, 0.29) is 11.8 Å². The number of carbonyl (C=O) groups is 2. The molecule has 0 aliphatic carbocycles. The number of nitrogens with one attached hydrogen (secondary N) is 3. The van der Waals surface area contributed by atoms with Gasteiger partial charge >= 0.3 is 0 Å². The molecule has 0 unspecified atom stereocenters. The highest BCUT2D eigenvalue weighted by Crippen LogP contribution is 2.11. The van der Waals surface area contributed by atoms with Gasteiger partial charge in [0.05, 0.1) is 79.3 Å². The first-order chi connectivity index (χ1) is 27.2. The first-order valence-electron chi connectivity index (χ1n) is 22.3. The van der Waals surface area contributed by atoms with Crippen LogP contribution in [0.5, 0.6) is 0 Å². The Kier molecular flexibility index (Phi) is 45.7. The van der Waals surface area contributed by atoms with Crippen molar-refractivity contribution in [2.75, 3.05) is 132 Å². The van der Waals surface area contributed by atoms with E-state index in [1.807, 2.05) is 4.90 Å². The van der Waals surface area contributed by atoms with Crippen LogP contribution in [0.4, 0.5) is 0 Å². The van der Waals surface area contributed by atoms with Crippen molar-refractivity contribution in [3.63, 3.8) is 0 Å². The summed E-state index contributed by atoms with van der Waals surface area (Å²) in [6, 6.07) is 0. The molecule has 0 saturated heterocycles. The van der Waals surface area contributed by atoms with Crippen LogP contribution in [0, 0.1) is 0 Å². The minimum atomic E-state index is 0.114. The number of ether oxygens (including phenoxy) is 6. The lowest BCUT2D eigenvalue weighted by Crippen LogP contribution is -2.41. The van der Waals surface area contributed by atoms with Crippen LogP contribution in [0.1, 0.15) is 129 Å². The molecule has 0 rings (SSSR count). The zero-order chi connectivity index (χ0) is 40.0. The summed E-state index contributed by atoms with van der Waals surface area (Å²) < 4.78 is 33.2. The summed E-state index contributed by atoms with van der Waals surface area (Å²) in [5.41, 5.74) is 5.39. The number of unbranched alkanes of at least 4 members (excludes halogenated alkanes) is 14. The zero-order valence-electron chi connectivity index (χ0n) is 35.7. The molecule has 13 heteroatoms. The summed E-state index contributed by atoms with van der Waals surface area (Å²) in [5, 5.41) is 9.74. The third kappa shape index (κ3) is 43.5. The van der Waals surface area contributed by atoms with Gasteiger partial charge in [-0.15, -0.1) is 0 Å². The van der Waals surface area contributed by atoms with Crippen molar-refractivity contribution < 1.29 is 38.0 Å². The van der Waals surface area contributed by atoms with E-state index in [4.69, 9.17) is 34.2 Å². The first kappa shape index (κ1) is 53.6. The molecule has 0 aromatic carbocycles. The van der Waals surface area contributed by atoms with Gasteiger partial charge in [-0.05, 0) is 12.8 Å². The molecule has 0 aromatic rings. The molecule has 13 nitrogen and oxygen atoms in total. The van der Waals surface area contributed by atoms with Crippen molar-refractivity contribution in [2.24, 2.45) is 5.73 Å². The maximum atomic E-state index is 13.1. The van der Waals surface area contributed by atoms with E-state index >= 15 is 0 Å². The molecule has 0 radical (unpaired) electrons. The van der Waals surface area contributed by atoms with Crippen LogP contribution < -0.4 is 21.7 Å². The number of rotatable bonds is 47. The van der Waals surface area contributed by atoms with E-state index in [1.54, 1.807) is 0 Å². The molecular formula is C42H87N5O8. The first-order valence-corrected chi connectivity index (χ1v) is 22.3. The SMILES string of the molecule is CCCCCCCCCCC(=O)NCCOCCOCCOCCNCCN(CCNCCOCCOCCOCCN)C(=O)CCCCCCCCCC. The average Bonchev–Trinajstić information content (AvgIpc) is 3.19. The molecule has 5 N–H and O–H groups in total. The minimum absolute atomic E-state index is 0.114. The second kappa shape index (κ2) is 47.0. The fourth-order valence-electron chi connectivity index (χ4n) is 5.83. The minimum Gasteiger partial charge on any atom is -0.378 e. The third-order valence-electron chi connectivity index (χ3n) is 9.14. The highest BCUT2D eigenvalue weighted by molar-refractivity contribution is 5.76. The lowest BCUT2D eigenvalue weighted by molar-refractivity contribution is -0.131. The summed E-state index contributed by atoms with van der Waals surface area (Å²) in [4.78, 5) is 27.0. The fourth-order valence-corrected chi connectivity index (χ4v) is 5.83. The monoisotopic (exact) mass is 790 g/mol. The van der Waals surface area contributed by atoms with Gasteiger partial charge < -0.3 is 55.0 Å². The van der Waals surface area contributed by atoms with Crippen molar-refractivity contribution in [1.82, 2.24) is 20.9 Å². The molecule has 0 aromatic heterocycles. The van der Waals surface area contributed by atoms with Gasteiger partial charge in [0.2, 0.25) is 11.8 Å². The molecule has 0 aliphatic rings. The molecular weight excluding hydrogens is 702 g/mol. The predicted octanol–water partition coefficient (Wildman–Crippen LogP) is 5.23. The number of nitrogens with zero attached hydrogens (tertiary/aromatic N) is 1. The predicted molar refractivity (Wildman–Crippen MR) is 224 cm³/mol. The Labute approximate surface area is 336 Å². The van der Waals surface area contributed by atoms with E-state index in [1.165, 1.54) is 77.0 Å². The van der Waals surface area contributed by atoms with Gasteiger partial charge in [-0.3, -0.25) is 9.59 Å². The van der Waals surface area contributed by atoms with E-state index in [9.17, 15) is 9.59 Å². The second-order valence-corrected chi connectivity index (χ2v) is 14.1. The van der Waals surface area contributed by atoms with Crippen LogP contribution in [0.2, 0.25) is 0 Å². The quantitative estimate of drug-likeness (QED) is 0.0600. The summed E-state index contributed by atoms with van der Waals surface area (Å²) in [5.74, 6) is 0.345. The number of hydrogen-bond acceptors (Lipinski definition) is 11. The van der Waals surface area contributed by atoms with E-state index in [2.05, 4.69) is 29.8 Å². The normalized spacial score (nSPS) is 11.4. The Morgan fingerprint density at radius 1 is 0.436 bits per heavy atom. The van der Waals surface area contributed by atoms with Crippen LogP contribution >= 0.6 is 0 Å². The zero-order valence-corrected chi connectivity index (χ0v) is 35.7. The maximum absolute atomic E-state index is 13.1. The maximum Gasteiger partial charge on any atom is 0.222 e. The Balaban J connectivity index is 3.91. The fraction of sp³-hybridized carbons (Fsp3) is 0.952. The van der Waals surface area contributed by atoms with Crippen molar-refractivity contribution >= 4 is 11.8 Å². The second-order valence-electron chi connectivity index (χ2n) is 14.1. The average molecular weight is 790 g/mol. The van der Waals surface area contributed by atoms with E-state index in [0.29, 0.717) is 125 Å². The van der Waals surface area contributed by atoms with E-state index in [0.717, 1.165) is 45.3 Å². The van der Waals surface area contributed by atoms with Gasteiger partial charge in [0.1, 0.15) is 0 Å². The lowest BCUT2D eigenvalue weighted by Gasteiger charge is -2.23. The number of amides is 2. The summed E-state index contributed by atoms with van der Waals surface area (Å²) in [6.45, 7) is 16.2. The van der Waals surface area contributed by atoms with Crippen molar-refractivity contribution in [3.05, 3.63) is 0 Å². The Morgan fingerprint density at radius 3 is 1.24 bits per heavy atom. The van der Waals surface area contributed by atoms with Crippen LogP contribution in [0.25, 0.3) is 0 Å². The van der Waals surface area contributed by atoms with Crippen LogP contribution in [-0.4, -0.2) is 148 Å².